The van der Waals surface area contributed by atoms with Gasteiger partial charge in [-0.3, -0.25) is 9.36 Å². The van der Waals surface area contributed by atoms with Crippen molar-refractivity contribution in [2.45, 2.75) is 31.4 Å². The first-order chi connectivity index (χ1) is 12.3. The predicted molar refractivity (Wildman–Crippen MR) is 88.3 cm³/mol. The van der Waals surface area contributed by atoms with Gasteiger partial charge in [-0.1, -0.05) is 6.07 Å². The molecule has 2 aromatic heterocycles. The molecule has 2 aliphatic rings. The molecule has 0 radical (unpaired) electrons. The minimum absolute atomic E-state index is 0.000619. The Morgan fingerprint density at radius 1 is 1.28 bits per heavy atom. The Morgan fingerprint density at radius 3 is 2.92 bits per heavy atom. The van der Waals surface area contributed by atoms with Gasteiger partial charge in [0.2, 0.25) is 0 Å². The van der Waals surface area contributed by atoms with E-state index in [4.69, 9.17) is 9.47 Å². The summed E-state index contributed by atoms with van der Waals surface area (Å²) in [5, 5.41) is 10.5. The van der Waals surface area contributed by atoms with E-state index >= 15 is 0 Å². The highest BCUT2D eigenvalue weighted by atomic mass is 16.5. The number of carbonyl (C=O) groups is 1. The van der Waals surface area contributed by atoms with Gasteiger partial charge in [0.1, 0.15) is 24.2 Å². The van der Waals surface area contributed by atoms with Gasteiger partial charge in [0.25, 0.3) is 5.91 Å². The van der Waals surface area contributed by atoms with Gasteiger partial charge in [-0.05, 0) is 37.3 Å². The van der Waals surface area contributed by atoms with Gasteiger partial charge >= 0.3 is 0 Å². The van der Waals surface area contributed by atoms with Crippen LogP contribution in [0.5, 0.6) is 0 Å². The van der Waals surface area contributed by atoms with Crippen molar-refractivity contribution in [3.05, 3.63) is 36.5 Å². The number of carbonyl (C=O) groups excluding carboxylic acids is 1. The molecule has 2 atom stereocenters. The third-order valence-corrected chi connectivity index (χ3v) is 4.50. The second kappa shape index (κ2) is 7.28. The minimum atomic E-state index is -0.231. The molecule has 1 saturated carbocycles. The van der Waals surface area contributed by atoms with Gasteiger partial charge in [-0.2, -0.15) is 0 Å². The molecular formula is C17H21N5O3. The molecule has 3 heterocycles. The normalized spacial score (nSPS) is 23.4. The van der Waals surface area contributed by atoms with Crippen LogP contribution in [0.1, 0.15) is 29.8 Å². The van der Waals surface area contributed by atoms with Gasteiger partial charge in [-0.15, -0.1) is 10.2 Å². The van der Waals surface area contributed by atoms with E-state index in [-0.39, 0.29) is 18.1 Å². The molecule has 8 heteroatoms. The lowest BCUT2D eigenvalue weighted by Gasteiger charge is -2.32. The number of rotatable bonds is 6. The Morgan fingerprint density at radius 2 is 2.12 bits per heavy atom. The molecule has 1 aliphatic carbocycles. The van der Waals surface area contributed by atoms with Crippen molar-refractivity contribution in [2.75, 3.05) is 19.8 Å². The molecule has 1 aliphatic heterocycles. The summed E-state index contributed by atoms with van der Waals surface area (Å²) in [7, 11) is 0. The van der Waals surface area contributed by atoms with Crippen LogP contribution in [0.4, 0.5) is 0 Å². The molecule has 132 valence electrons. The van der Waals surface area contributed by atoms with E-state index in [0.29, 0.717) is 30.6 Å². The van der Waals surface area contributed by atoms with Crippen LogP contribution in [-0.2, 0) is 9.47 Å². The highest BCUT2D eigenvalue weighted by molar-refractivity contribution is 5.92. The lowest BCUT2D eigenvalue weighted by molar-refractivity contribution is -0.0567. The van der Waals surface area contributed by atoms with Crippen LogP contribution >= 0.6 is 0 Å². The van der Waals surface area contributed by atoms with Crippen LogP contribution < -0.4 is 5.32 Å². The zero-order valence-corrected chi connectivity index (χ0v) is 13.9. The van der Waals surface area contributed by atoms with Crippen LogP contribution in [0.25, 0.3) is 5.82 Å². The maximum atomic E-state index is 12.6. The van der Waals surface area contributed by atoms with E-state index in [1.807, 2.05) is 0 Å². The highest BCUT2D eigenvalue weighted by Gasteiger charge is 2.31. The summed E-state index contributed by atoms with van der Waals surface area (Å²) in [5.74, 6) is 1.06. The van der Waals surface area contributed by atoms with E-state index in [0.717, 1.165) is 13.0 Å². The van der Waals surface area contributed by atoms with Crippen molar-refractivity contribution in [3.63, 3.8) is 0 Å². The largest absolute Gasteiger partial charge is 0.379 e. The maximum Gasteiger partial charge on any atom is 0.270 e. The molecule has 0 spiro atoms. The summed E-state index contributed by atoms with van der Waals surface area (Å²) < 4.78 is 13.2. The first-order valence-corrected chi connectivity index (χ1v) is 8.62. The van der Waals surface area contributed by atoms with Crippen molar-refractivity contribution in [2.24, 2.45) is 5.92 Å². The Labute approximate surface area is 145 Å². The summed E-state index contributed by atoms with van der Waals surface area (Å²) in [6, 6.07) is 5.12. The number of hydrogen-bond acceptors (Lipinski definition) is 6. The molecule has 2 unspecified atom stereocenters. The summed E-state index contributed by atoms with van der Waals surface area (Å²) in [5.41, 5.74) is 0.345. The molecule has 2 aromatic rings. The smallest absolute Gasteiger partial charge is 0.270 e. The standard InChI is InChI=1S/C17H21N5O3/c23-17(13-2-1-3-16(20-13)22-10-18-19-11-22)21-14-9-24-7-6-15(14)25-8-12-4-5-12/h1-3,10-12,14-15H,4-9H2,(H,21,23). The molecule has 1 saturated heterocycles. The van der Waals surface area contributed by atoms with Crippen LogP contribution in [0.3, 0.4) is 0 Å². The number of ether oxygens (including phenoxy) is 2. The van der Waals surface area contributed by atoms with Crippen LogP contribution in [-0.4, -0.2) is 57.6 Å². The molecule has 1 N–H and O–H groups in total. The Bertz CT molecular complexity index is 717. The van der Waals surface area contributed by atoms with E-state index in [9.17, 15) is 4.79 Å². The molecule has 8 nitrogen and oxygen atoms in total. The molecule has 25 heavy (non-hydrogen) atoms. The number of hydrogen-bond donors (Lipinski definition) is 1. The van der Waals surface area contributed by atoms with Crippen molar-refractivity contribution >= 4 is 5.91 Å². The Hall–Kier alpha value is -2.32. The average Bonchev–Trinajstić information content (AvgIpc) is 3.31. The lowest BCUT2D eigenvalue weighted by Crippen LogP contribution is -2.50. The van der Waals surface area contributed by atoms with Gasteiger partial charge in [0.15, 0.2) is 0 Å². The second-order valence-corrected chi connectivity index (χ2v) is 6.51. The van der Waals surface area contributed by atoms with E-state index in [1.165, 1.54) is 12.8 Å². The van der Waals surface area contributed by atoms with E-state index < -0.39 is 0 Å². The lowest BCUT2D eigenvalue weighted by atomic mass is 10.1. The summed E-state index contributed by atoms with van der Waals surface area (Å²) >= 11 is 0. The predicted octanol–water partition coefficient (Wildman–Crippen LogP) is 0.976. The first kappa shape index (κ1) is 16.2. The topological polar surface area (TPSA) is 91.2 Å². The number of nitrogens with one attached hydrogen (secondary N) is 1. The SMILES string of the molecule is O=C(NC1COCCC1OCC1CC1)c1cccc(-n2cnnc2)n1. The van der Waals surface area contributed by atoms with Crippen molar-refractivity contribution in [1.29, 1.82) is 0 Å². The summed E-state index contributed by atoms with van der Waals surface area (Å²) in [6.07, 6.45) is 6.38. The molecule has 1 amide bonds. The fourth-order valence-electron chi connectivity index (χ4n) is 2.85. The third-order valence-electron chi connectivity index (χ3n) is 4.50. The average molecular weight is 343 g/mol. The molecule has 0 bridgehead atoms. The number of nitrogens with zero attached hydrogens (tertiary/aromatic N) is 4. The van der Waals surface area contributed by atoms with Crippen LogP contribution in [0, 0.1) is 5.92 Å². The number of pyridine rings is 1. The van der Waals surface area contributed by atoms with Crippen LogP contribution in [0.15, 0.2) is 30.9 Å². The maximum absolute atomic E-state index is 12.6. The van der Waals surface area contributed by atoms with Crippen molar-refractivity contribution in [3.8, 4) is 5.82 Å². The quantitative estimate of drug-likeness (QED) is 0.841. The molecule has 4 rings (SSSR count). The molecule has 2 fully saturated rings. The van der Waals surface area contributed by atoms with Gasteiger partial charge in [0.05, 0.1) is 18.8 Å². The zero-order chi connectivity index (χ0) is 17.1. The molecular weight excluding hydrogens is 322 g/mol. The molecule has 0 aromatic carbocycles. The fraction of sp³-hybridized carbons (Fsp3) is 0.529. The Balaban J connectivity index is 1.42. The fourth-order valence-corrected chi connectivity index (χ4v) is 2.85. The van der Waals surface area contributed by atoms with Crippen LogP contribution in [0.2, 0.25) is 0 Å². The monoisotopic (exact) mass is 343 g/mol. The van der Waals surface area contributed by atoms with E-state index in [1.54, 1.807) is 35.4 Å². The highest BCUT2D eigenvalue weighted by Crippen LogP contribution is 2.30. The zero-order valence-electron chi connectivity index (χ0n) is 13.9. The number of amides is 1. The van der Waals surface area contributed by atoms with Gasteiger partial charge < -0.3 is 14.8 Å². The summed E-state index contributed by atoms with van der Waals surface area (Å²) in [6.45, 7) is 1.91. The minimum Gasteiger partial charge on any atom is -0.379 e. The van der Waals surface area contributed by atoms with Gasteiger partial charge in [-0.25, -0.2) is 4.98 Å². The summed E-state index contributed by atoms with van der Waals surface area (Å²) in [4.78, 5) is 17.0. The number of aromatic nitrogens is 4. The van der Waals surface area contributed by atoms with Crippen molar-refractivity contribution < 1.29 is 14.3 Å². The second-order valence-electron chi connectivity index (χ2n) is 6.51. The Kier molecular flexibility index (Phi) is 4.71. The third kappa shape index (κ3) is 4.02. The van der Waals surface area contributed by atoms with Gasteiger partial charge in [0, 0.05) is 13.2 Å². The van der Waals surface area contributed by atoms with E-state index in [2.05, 4.69) is 20.5 Å². The van der Waals surface area contributed by atoms with Crippen molar-refractivity contribution in [1.82, 2.24) is 25.1 Å². The first-order valence-electron chi connectivity index (χ1n) is 8.62.